The molecule has 1 unspecified atom stereocenters. The second-order valence-electron chi connectivity index (χ2n) is 4.58. The highest BCUT2D eigenvalue weighted by atomic mass is 16.4. The highest BCUT2D eigenvalue weighted by Gasteiger charge is 2.11. The molecule has 0 aliphatic heterocycles. The summed E-state index contributed by atoms with van der Waals surface area (Å²) in [6, 6.07) is 7.13. The van der Waals surface area contributed by atoms with Gasteiger partial charge >= 0.3 is 5.97 Å². The van der Waals surface area contributed by atoms with E-state index in [9.17, 15) is 4.79 Å². The molecule has 0 spiro atoms. The fraction of sp³-hybridized carbons (Fsp3) is 0.286. The molecule has 0 aliphatic carbocycles. The minimum atomic E-state index is -0.908. The third kappa shape index (κ3) is 2.76. The maximum atomic E-state index is 10.9. The summed E-state index contributed by atoms with van der Waals surface area (Å²) >= 11 is 0. The van der Waals surface area contributed by atoms with Gasteiger partial charge < -0.3 is 10.4 Å². The zero-order chi connectivity index (χ0) is 14.0. The van der Waals surface area contributed by atoms with Crippen molar-refractivity contribution in [2.24, 2.45) is 7.05 Å². The van der Waals surface area contributed by atoms with E-state index in [1.54, 1.807) is 24.4 Å². The van der Waals surface area contributed by atoms with Gasteiger partial charge in [0.2, 0.25) is 0 Å². The summed E-state index contributed by atoms with van der Waals surface area (Å²) in [6.07, 6.45) is 1.76. The largest absolute Gasteiger partial charge is 0.478 e. The number of nitrogens with zero attached hydrogens (tertiary/aromatic N) is 2. The smallest absolute Gasteiger partial charge is 0.335 e. The van der Waals surface area contributed by atoms with Crippen molar-refractivity contribution < 1.29 is 9.90 Å². The first-order valence-corrected chi connectivity index (χ1v) is 6.07. The van der Waals surface area contributed by atoms with Gasteiger partial charge in [-0.25, -0.2) is 4.79 Å². The number of carboxylic acids is 1. The summed E-state index contributed by atoms with van der Waals surface area (Å²) in [5.74, 6) is -0.908. The molecule has 5 heteroatoms. The zero-order valence-corrected chi connectivity index (χ0v) is 11.2. The lowest BCUT2D eigenvalue weighted by molar-refractivity contribution is 0.0697. The van der Waals surface area contributed by atoms with E-state index in [2.05, 4.69) is 10.4 Å². The zero-order valence-electron chi connectivity index (χ0n) is 11.2. The standard InChI is InChI=1S/C14H17N3O2/c1-9-8-11(14(18)19)4-5-12(9)16-10(2)13-6-7-15-17(13)3/h4-8,10,16H,1-3H3,(H,18,19). The average molecular weight is 259 g/mol. The number of carbonyl (C=O) groups is 1. The number of nitrogens with one attached hydrogen (secondary N) is 1. The number of carboxylic acid groups (broad SMARTS) is 1. The Morgan fingerprint density at radius 3 is 2.68 bits per heavy atom. The maximum Gasteiger partial charge on any atom is 0.335 e. The van der Waals surface area contributed by atoms with Crippen LogP contribution in [0.2, 0.25) is 0 Å². The quantitative estimate of drug-likeness (QED) is 0.885. The molecule has 0 fully saturated rings. The van der Waals surface area contributed by atoms with Gasteiger partial charge in [0.25, 0.3) is 0 Å². The number of aromatic nitrogens is 2. The summed E-state index contributed by atoms with van der Waals surface area (Å²) in [6.45, 7) is 3.94. The molecule has 2 aromatic rings. The Kier molecular flexibility index (Phi) is 3.55. The van der Waals surface area contributed by atoms with Crippen LogP contribution in [0.5, 0.6) is 0 Å². The van der Waals surface area contributed by atoms with Gasteiger partial charge in [0.15, 0.2) is 0 Å². The Hall–Kier alpha value is -2.30. The summed E-state index contributed by atoms with van der Waals surface area (Å²) in [7, 11) is 1.90. The van der Waals surface area contributed by atoms with E-state index in [1.165, 1.54) is 0 Å². The van der Waals surface area contributed by atoms with Crippen molar-refractivity contribution in [2.45, 2.75) is 19.9 Å². The van der Waals surface area contributed by atoms with Crippen molar-refractivity contribution in [3.8, 4) is 0 Å². The molecule has 0 bridgehead atoms. The highest BCUT2D eigenvalue weighted by Crippen LogP contribution is 2.22. The second-order valence-corrected chi connectivity index (χ2v) is 4.58. The van der Waals surface area contributed by atoms with E-state index in [1.807, 2.05) is 31.6 Å². The van der Waals surface area contributed by atoms with Crippen molar-refractivity contribution in [2.75, 3.05) is 5.32 Å². The first-order chi connectivity index (χ1) is 8.99. The fourth-order valence-corrected chi connectivity index (χ4v) is 2.07. The Labute approximate surface area is 111 Å². The molecule has 1 aromatic carbocycles. The molecular formula is C14H17N3O2. The van der Waals surface area contributed by atoms with Gasteiger partial charge in [-0.3, -0.25) is 4.68 Å². The lowest BCUT2D eigenvalue weighted by Gasteiger charge is -2.17. The molecule has 100 valence electrons. The van der Waals surface area contributed by atoms with Crippen molar-refractivity contribution in [1.29, 1.82) is 0 Å². The maximum absolute atomic E-state index is 10.9. The number of benzene rings is 1. The number of aromatic carboxylic acids is 1. The van der Waals surface area contributed by atoms with Gasteiger partial charge in [-0.15, -0.1) is 0 Å². The lowest BCUT2D eigenvalue weighted by Crippen LogP contribution is -2.12. The van der Waals surface area contributed by atoms with Gasteiger partial charge in [0, 0.05) is 18.9 Å². The molecule has 1 heterocycles. The Balaban J connectivity index is 2.20. The third-order valence-corrected chi connectivity index (χ3v) is 3.15. The fourth-order valence-electron chi connectivity index (χ4n) is 2.07. The number of hydrogen-bond acceptors (Lipinski definition) is 3. The third-order valence-electron chi connectivity index (χ3n) is 3.15. The molecule has 19 heavy (non-hydrogen) atoms. The number of aryl methyl sites for hydroxylation is 2. The van der Waals surface area contributed by atoms with E-state index in [0.717, 1.165) is 16.9 Å². The minimum Gasteiger partial charge on any atom is -0.478 e. The Morgan fingerprint density at radius 1 is 1.42 bits per heavy atom. The van der Waals surface area contributed by atoms with Gasteiger partial charge in [-0.1, -0.05) is 0 Å². The number of hydrogen-bond donors (Lipinski definition) is 2. The molecule has 0 saturated heterocycles. The van der Waals surface area contributed by atoms with Crippen molar-refractivity contribution >= 4 is 11.7 Å². The van der Waals surface area contributed by atoms with Crippen LogP contribution in [0.25, 0.3) is 0 Å². The van der Waals surface area contributed by atoms with Crippen LogP contribution in [0, 0.1) is 6.92 Å². The first-order valence-electron chi connectivity index (χ1n) is 6.07. The first kappa shape index (κ1) is 13.1. The van der Waals surface area contributed by atoms with Crippen LogP contribution in [0.4, 0.5) is 5.69 Å². The molecule has 2 N–H and O–H groups in total. The van der Waals surface area contributed by atoms with Gasteiger partial charge in [-0.05, 0) is 43.7 Å². The van der Waals surface area contributed by atoms with E-state index < -0.39 is 5.97 Å². The molecule has 0 amide bonds. The predicted molar refractivity (Wildman–Crippen MR) is 73.4 cm³/mol. The SMILES string of the molecule is Cc1cc(C(=O)O)ccc1NC(C)c1ccnn1C. The Bertz CT molecular complexity index is 604. The van der Waals surface area contributed by atoms with E-state index in [4.69, 9.17) is 5.11 Å². The van der Waals surface area contributed by atoms with Crippen molar-refractivity contribution in [3.63, 3.8) is 0 Å². The predicted octanol–water partition coefficient (Wildman–Crippen LogP) is 2.60. The molecule has 0 radical (unpaired) electrons. The lowest BCUT2D eigenvalue weighted by atomic mass is 10.1. The van der Waals surface area contributed by atoms with Crippen molar-refractivity contribution in [1.82, 2.24) is 9.78 Å². The van der Waals surface area contributed by atoms with Crippen LogP contribution >= 0.6 is 0 Å². The molecule has 1 aromatic heterocycles. The minimum absolute atomic E-state index is 0.0990. The summed E-state index contributed by atoms with van der Waals surface area (Å²) in [4.78, 5) is 10.9. The van der Waals surface area contributed by atoms with Crippen LogP contribution in [0.15, 0.2) is 30.5 Å². The molecule has 0 saturated carbocycles. The molecule has 2 rings (SSSR count). The summed E-state index contributed by atoms with van der Waals surface area (Å²) in [5, 5.41) is 16.4. The van der Waals surface area contributed by atoms with Crippen LogP contribution in [0.3, 0.4) is 0 Å². The van der Waals surface area contributed by atoms with E-state index >= 15 is 0 Å². The van der Waals surface area contributed by atoms with E-state index in [0.29, 0.717) is 5.56 Å². The van der Waals surface area contributed by atoms with Crippen LogP contribution in [0.1, 0.15) is 34.6 Å². The van der Waals surface area contributed by atoms with Gasteiger partial charge in [-0.2, -0.15) is 5.10 Å². The molecule has 0 aliphatic rings. The monoisotopic (exact) mass is 259 g/mol. The highest BCUT2D eigenvalue weighted by molar-refractivity contribution is 5.88. The van der Waals surface area contributed by atoms with Crippen LogP contribution in [-0.2, 0) is 7.05 Å². The topological polar surface area (TPSA) is 67.2 Å². The van der Waals surface area contributed by atoms with Crippen molar-refractivity contribution in [3.05, 3.63) is 47.3 Å². The average Bonchev–Trinajstić information content (AvgIpc) is 2.77. The summed E-state index contributed by atoms with van der Waals surface area (Å²) in [5.41, 5.74) is 3.21. The molecular weight excluding hydrogens is 242 g/mol. The number of rotatable bonds is 4. The van der Waals surface area contributed by atoms with Gasteiger partial charge in [0.1, 0.15) is 0 Å². The normalized spacial score (nSPS) is 12.2. The second kappa shape index (κ2) is 5.14. The molecule has 5 nitrogen and oxygen atoms in total. The number of anilines is 1. The van der Waals surface area contributed by atoms with Gasteiger partial charge in [0.05, 0.1) is 17.3 Å². The Morgan fingerprint density at radius 2 is 2.16 bits per heavy atom. The van der Waals surface area contributed by atoms with Crippen LogP contribution < -0.4 is 5.32 Å². The molecule has 1 atom stereocenters. The van der Waals surface area contributed by atoms with Crippen LogP contribution in [-0.4, -0.2) is 20.9 Å². The summed E-state index contributed by atoms with van der Waals surface area (Å²) < 4.78 is 1.82. The van der Waals surface area contributed by atoms with E-state index in [-0.39, 0.29) is 6.04 Å².